The topological polar surface area (TPSA) is 44.5 Å². The predicted molar refractivity (Wildman–Crippen MR) is 53.3 cm³/mol. The zero-order valence-electron chi connectivity index (χ0n) is 7.74. The van der Waals surface area contributed by atoms with Gasteiger partial charge in [-0.25, -0.2) is 4.39 Å². The number of nitrogens with one attached hydrogen (secondary N) is 1. The Morgan fingerprint density at radius 2 is 2.14 bits per heavy atom. The first-order valence-corrected chi connectivity index (χ1v) is 4.18. The number of hydrogen-bond acceptors (Lipinski definition) is 4. The van der Waals surface area contributed by atoms with E-state index in [2.05, 4.69) is 5.53 Å². The monoisotopic (exact) mass is 194 g/mol. The van der Waals surface area contributed by atoms with E-state index in [1.165, 1.54) is 6.07 Å². The molecule has 1 aliphatic rings. The van der Waals surface area contributed by atoms with Gasteiger partial charge < -0.3 is 5.73 Å². The number of benzene rings is 1. The van der Waals surface area contributed by atoms with E-state index in [4.69, 9.17) is 5.73 Å². The summed E-state index contributed by atoms with van der Waals surface area (Å²) in [7, 11) is 1.83. The molecule has 0 saturated carbocycles. The van der Waals surface area contributed by atoms with Crippen LogP contribution in [0.5, 0.6) is 0 Å². The van der Waals surface area contributed by atoms with Crippen LogP contribution in [0, 0.1) is 5.82 Å². The minimum Gasteiger partial charge on any atom is -0.399 e. The Morgan fingerprint density at radius 3 is 2.71 bits per heavy atom. The zero-order valence-corrected chi connectivity index (χ0v) is 7.74. The summed E-state index contributed by atoms with van der Waals surface area (Å²) in [4.78, 5) is 0. The van der Waals surface area contributed by atoms with Crippen LogP contribution in [0.3, 0.4) is 0 Å². The minimum atomic E-state index is -0.350. The van der Waals surface area contributed by atoms with Crippen molar-refractivity contribution in [2.45, 2.75) is 0 Å². The number of hydrazine groups is 2. The lowest BCUT2D eigenvalue weighted by Gasteiger charge is -2.19. The van der Waals surface area contributed by atoms with E-state index >= 15 is 0 Å². The molecule has 0 saturated heterocycles. The molecule has 1 heterocycles. The SMILES string of the molecule is CN1C=CN(c2ccc(N)cc2F)N1. The predicted octanol–water partition coefficient (Wildman–Crippen LogP) is 1.05. The standard InChI is InChI=1S/C9H11FN4/c1-13-4-5-14(12-13)9-3-2-7(11)6-8(9)10/h2-6,12H,11H2,1H3. The molecule has 0 unspecified atom stereocenters. The van der Waals surface area contributed by atoms with Crippen molar-refractivity contribution in [3.8, 4) is 0 Å². The van der Waals surface area contributed by atoms with Crippen molar-refractivity contribution in [3.05, 3.63) is 36.4 Å². The minimum absolute atomic E-state index is 0.350. The van der Waals surface area contributed by atoms with E-state index in [0.717, 1.165) is 0 Å². The van der Waals surface area contributed by atoms with E-state index in [9.17, 15) is 4.39 Å². The summed E-state index contributed by atoms with van der Waals surface area (Å²) >= 11 is 0. The molecule has 0 atom stereocenters. The third kappa shape index (κ3) is 1.49. The Balaban J connectivity index is 2.29. The normalized spacial score (nSPS) is 15.3. The molecule has 4 nitrogen and oxygen atoms in total. The zero-order chi connectivity index (χ0) is 10.1. The highest BCUT2D eigenvalue weighted by molar-refractivity contribution is 5.55. The smallest absolute Gasteiger partial charge is 0.150 e. The van der Waals surface area contributed by atoms with Crippen LogP contribution in [-0.2, 0) is 0 Å². The number of anilines is 2. The molecule has 1 aliphatic heterocycles. The lowest BCUT2D eigenvalue weighted by atomic mass is 10.2. The number of nitrogens with zero attached hydrogens (tertiary/aromatic N) is 2. The van der Waals surface area contributed by atoms with Gasteiger partial charge in [0, 0.05) is 25.1 Å². The Morgan fingerprint density at radius 1 is 1.36 bits per heavy atom. The summed E-state index contributed by atoms with van der Waals surface area (Å²) in [6.45, 7) is 0. The highest BCUT2D eigenvalue weighted by Crippen LogP contribution is 2.21. The number of nitrogens with two attached hydrogens (primary N) is 1. The maximum Gasteiger partial charge on any atom is 0.150 e. The summed E-state index contributed by atoms with van der Waals surface area (Å²) in [6, 6.07) is 4.58. The maximum absolute atomic E-state index is 13.4. The Labute approximate surface area is 81.3 Å². The highest BCUT2D eigenvalue weighted by Gasteiger charge is 2.13. The van der Waals surface area contributed by atoms with Gasteiger partial charge in [-0.3, -0.25) is 10.0 Å². The van der Waals surface area contributed by atoms with Crippen LogP contribution in [0.15, 0.2) is 30.6 Å². The van der Waals surface area contributed by atoms with E-state index in [1.54, 1.807) is 34.6 Å². The summed E-state index contributed by atoms with van der Waals surface area (Å²) < 4.78 is 13.4. The Kier molecular flexibility index (Phi) is 2.01. The van der Waals surface area contributed by atoms with Crippen LogP contribution in [0.25, 0.3) is 0 Å². The third-order valence-electron chi connectivity index (χ3n) is 1.94. The van der Waals surface area contributed by atoms with Crippen LogP contribution < -0.4 is 16.3 Å². The molecule has 0 bridgehead atoms. The second-order valence-corrected chi connectivity index (χ2v) is 3.09. The molecule has 1 aromatic carbocycles. The summed E-state index contributed by atoms with van der Waals surface area (Å²) in [5.74, 6) is -0.350. The van der Waals surface area contributed by atoms with Crippen molar-refractivity contribution in [2.75, 3.05) is 17.8 Å². The summed E-state index contributed by atoms with van der Waals surface area (Å²) in [6.07, 6.45) is 3.52. The van der Waals surface area contributed by atoms with Gasteiger partial charge in [0.1, 0.15) is 5.82 Å². The largest absolute Gasteiger partial charge is 0.399 e. The van der Waals surface area contributed by atoms with Crippen LogP contribution in [0.4, 0.5) is 15.8 Å². The lowest BCUT2D eigenvalue weighted by molar-refractivity contribution is 0.357. The van der Waals surface area contributed by atoms with Gasteiger partial charge >= 0.3 is 0 Å². The molecule has 5 heteroatoms. The van der Waals surface area contributed by atoms with Crippen molar-refractivity contribution >= 4 is 11.4 Å². The fourth-order valence-corrected chi connectivity index (χ4v) is 1.26. The summed E-state index contributed by atoms with van der Waals surface area (Å²) in [5, 5.41) is 3.30. The molecule has 0 spiro atoms. The average Bonchev–Trinajstić information content (AvgIpc) is 2.51. The molecule has 0 aliphatic carbocycles. The van der Waals surface area contributed by atoms with Crippen LogP contribution in [0.2, 0.25) is 0 Å². The first-order chi connectivity index (χ1) is 6.66. The molecular formula is C9H11FN4. The molecule has 0 aromatic heterocycles. The number of nitrogen functional groups attached to an aromatic ring is 1. The van der Waals surface area contributed by atoms with Gasteiger partial charge in [-0.05, 0) is 18.2 Å². The Hall–Kier alpha value is -1.75. The molecule has 3 N–H and O–H groups in total. The van der Waals surface area contributed by atoms with Crippen molar-refractivity contribution in [3.63, 3.8) is 0 Å². The first-order valence-electron chi connectivity index (χ1n) is 4.18. The molecule has 0 amide bonds. The van der Waals surface area contributed by atoms with Crippen LogP contribution in [0.1, 0.15) is 0 Å². The second kappa shape index (κ2) is 3.19. The van der Waals surface area contributed by atoms with Crippen molar-refractivity contribution in [1.82, 2.24) is 10.5 Å². The second-order valence-electron chi connectivity index (χ2n) is 3.09. The van der Waals surface area contributed by atoms with Crippen LogP contribution >= 0.6 is 0 Å². The van der Waals surface area contributed by atoms with Crippen LogP contribution in [-0.4, -0.2) is 12.1 Å². The van der Waals surface area contributed by atoms with Gasteiger partial charge in [0.2, 0.25) is 0 Å². The van der Waals surface area contributed by atoms with E-state index in [-0.39, 0.29) is 5.82 Å². The molecule has 74 valence electrons. The number of rotatable bonds is 1. The van der Waals surface area contributed by atoms with Gasteiger partial charge in [-0.1, -0.05) is 0 Å². The molecule has 1 aromatic rings. The fourth-order valence-electron chi connectivity index (χ4n) is 1.26. The molecular weight excluding hydrogens is 183 g/mol. The van der Waals surface area contributed by atoms with Gasteiger partial charge in [0.25, 0.3) is 0 Å². The molecule has 0 fully saturated rings. The maximum atomic E-state index is 13.4. The molecule has 0 radical (unpaired) electrons. The number of hydrogen-bond donors (Lipinski definition) is 2. The van der Waals surface area contributed by atoms with Crippen molar-refractivity contribution < 1.29 is 4.39 Å². The average molecular weight is 194 g/mol. The third-order valence-corrected chi connectivity index (χ3v) is 1.94. The lowest BCUT2D eigenvalue weighted by Crippen LogP contribution is -2.37. The molecule has 14 heavy (non-hydrogen) atoms. The van der Waals surface area contributed by atoms with E-state index in [1.807, 2.05) is 7.05 Å². The molecule has 2 rings (SSSR count). The summed E-state index contributed by atoms with van der Waals surface area (Å²) in [5.41, 5.74) is 9.21. The highest BCUT2D eigenvalue weighted by atomic mass is 19.1. The number of halogens is 1. The fraction of sp³-hybridized carbons (Fsp3) is 0.111. The van der Waals surface area contributed by atoms with Gasteiger partial charge in [0.15, 0.2) is 0 Å². The van der Waals surface area contributed by atoms with Gasteiger partial charge in [0.05, 0.1) is 5.69 Å². The van der Waals surface area contributed by atoms with Gasteiger partial charge in [-0.2, -0.15) is 0 Å². The van der Waals surface area contributed by atoms with Gasteiger partial charge in [-0.15, -0.1) is 5.53 Å². The first kappa shape index (κ1) is 8.83. The van der Waals surface area contributed by atoms with Crippen molar-refractivity contribution in [1.29, 1.82) is 0 Å². The van der Waals surface area contributed by atoms with E-state index in [0.29, 0.717) is 11.4 Å². The van der Waals surface area contributed by atoms with E-state index < -0.39 is 0 Å². The van der Waals surface area contributed by atoms with Crippen molar-refractivity contribution in [2.24, 2.45) is 0 Å². The Bertz CT molecular complexity index is 377. The quantitative estimate of drug-likeness (QED) is 0.656.